The Balaban J connectivity index is 1.98. The van der Waals surface area contributed by atoms with Crippen molar-refractivity contribution in [2.45, 2.75) is 24.5 Å². The van der Waals surface area contributed by atoms with E-state index in [-0.39, 0.29) is 19.0 Å². The lowest BCUT2D eigenvalue weighted by molar-refractivity contribution is -0.627. The number of hydrogen-bond donors (Lipinski definition) is 4. The zero-order chi connectivity index (χ0) is 21.8. The number of rotatable bonds is 10. The Labute approximate surface area is 164 Å². The van der Waals surface area contributed by atoms with Gasteiger partial charge in [-0.15, -0.1) is 0 Å². The van der Waals surface area contributed by atoms with Gasteiger partial charge in [0.1, 0.15) is 30.7 Å². The molecule has 17 heteroatoms. The third-order valence-corrected chi connectivity index (χ3v) is 6.28. The number of aliphatic hydroxyl groups excluding tert-OH is 2. The highest BCUT2D eigenvalue weighted by molar-refractivity contribution is 7.59. The first-order valence-corrected chi connectivity index (χ1v) is 11.1. The van der Waals surface area contributed by atoms with Crippen LogP contribution in [-0.4, -0.2) is 64.9 Å². The summed E-state index contributed by atoms with van der Waals surface area (Å²) in [4.78, 5) is 38.5. The summed E-state index contributed by atoms with van der Waals surface area (Å²) in [5.41, 5.74) is 4.48. The van der Waals surface area contributed by atoms with E-state index in [2.05, 4.69) is 18.3 Å². The molecule has 2 rings (SSSR count). The number of nitrogens with two attached hydrogens (primary N) is 2. The van der Waals surface area contributed by atoms with Crippen LogP contribution in [0.5, 0.6) is 0 Å². The van der Waals surface area contributed by atoms with Crippen molar-refractivity contribution >= 4 is 21.5 Å². The van der Waals surface area contributed by atoms with E-state index < -0.39 is 52.5 Å². The molecular formula is C12H21N4O11P2-. The van der Waals surface area contributed by atoms with E-state index in [0.717, 1.165) is 10.8 Å². The summed E-state index contributed by atoms with van der Waals surface area (Å²) in [7, 11) is -8.95. The molecule has 0 saturated carbocycles. The van der Waals surface area contributed by atoms with Gasteiger partial charge in [-0.2, -0.15) is 4.98 Å². The first-order chi connectivity index (χ1) is 13.5. The normalized spacial score (nSPS) is 28.7. The van der Waals surface area contributed by atoms with Crippen molar-refractivity contribution in [3.8, 4) is 0 Å². The van der Waals surface area contributed by atoms with Gasteiger partial charge in [0.05, 0.1) is 20.2 Å². The van der Waals surface area contributed by atoms with E-state index in [9.17, 15) is 33.9 Å². The van der Waals surface area contributed by atoms with Crippen molar-refractivity contribution in [1.29, 1.82) is 0 Å². The molecule has 15 nitrogen and oxygen atoms in total. The van der Waals surface area contributed by atoms with Crippen molar-refractivity contribution in [3.63, 3.8) is 0 Å². The molecule has 0 aromatic carbocycles. The number of ether oxygens (including phenoxy) is 1. The molecule has 0 spiro atoms. The van der Waals surface area contributed by atoms with Gasteiger partial charge >= 0.3 is 5.69 Å². The number of likely N-dealkylation sites (N-methyl/N-ethyl adjacent to an activating group) is 1. The second kappa shape index (κ2) is 9.73. The van der Waals surface area contributed by atoms with Gasteiger partial charge < -0.3 is 44.8 Å². The van der Waals surface area contributed by atoms with Crippen LogP contribution in [-0.2, 0) is 27.2 Å². The van der Waals surface area contributed by atoms with Gasteiger partial charge in [-0.3, -0.25) is 13.7 Å². The average molecular weight is 459 g/mol. The minimum atomic E-state index is -5.40. The molecule has 1 aliphatic rings. The molecule has 29 heavy (non-hydrogen) atoms. The minimum Gasteiger partial charge on any atom is -0.756 e. The van der Waals surface area contributed by atoms with E-state index in [0.29, 0.717) is 0 Å². The van der Waals surface area contributed by atoms with Crippen LogP contribution in [0.1, 0.15) is 6.23 Å². The number of aliphatic hydroxyl groups is 2. The lowest BCUT2D eigenvalue weighted by Crippen LogP contribution is -2.80. The number of quaternary nitrogens is 1. The molecule has 1 saturated heterocycles. The molecule has 1 aliphatic heterocycles. The maximum absolute atomic E-state index is 11.8. The van der Waals surface area contributed by atoms with Crippen molar-refractivity contribution < 1.29 is 52.5 Å². The second-order valence-corrected chi connectivity index (χ2v) is 8.85. The average Bonchev–Trinajstić information content (AvgIpc) is 2.87. The highest BCUT2D eigenvalue weighted by atomic mass is 31.3. The molecular weight excluding hydrogens is 438 g/mol. The quantitative estimate of drug-likeness (QED) is 0.191. The SMILES string of the molecule is C[NH2+]CCOP(=O)([O-])OP(=O)([O-])OCC1OC(n2ccc(N)nc2=O)C(O)C1O. The van der Waals surface area contributed by atoms with Crippen molar-refractivity contribution in [3.05, 3.63) is 22.7 Å². The van der Waals surface area contributed by atoms with E-state index in [1.807, 2.05) is 0 Å². The second-order valence-electron chi connectivity index (χ2n) is 5.89. The topological polar surface area (TPSA) is 235 Å². The Morgan fingerprint density at radius 3 is 2.59 bits per heavy atom. The third kappa shape index (κ3) is 6.64. The largest absolute Gasteiger partial charge is 0.756 e. The molecule has 0 amide bonds. The van der Waals surface area contributed by atoms with Gasteiger partial charge in [-0.1, -0.05) is 0 Å². The first kappa shape index (κ1) is 24.1. The standard InChI is InChI=1S/C12H22N4O11P2/c1-14-3-5-24-28(20,21)27-29(22,23)25-6-7-9(17)10(18)11(26-7)16-4-2-8(13)15-12(16)19/h2,4,7,9-11,14,17-18H,3,5-6H2,1H3,(H,20,21)(H,22,23)(H2,13,15,19)/p-1. The zero-order valence-corrected chi connectivity index (χ0v) is 16.9. The highest BCUT2D eigenvalue weighted by Crippen LogP contribution is 2.55. The van der Waals surface area contributed by atoms with Crippen LogP contribution in [0.3, 0.4) is 0 Å². The number of nitrogens with zero attached hydrogens (tertiary/aromatic N) is 2. The summed E-state index contributed by atoms with van der Waals surface area (Å²) in [5.74, 6) is -0.0790. The molecule has 166 valence electrons. The van der Waals surface area contributed by atoms with E-state index >= 15 is 0 Å². The van der Waals surface area contributed by atoms with Gasteiger partial charge in [0.2, 0.25) is 0 Å². The molecule has 0 radical (unpaired) electrons. The maximum atomic E-state index is 11.8. The third-order valence-electron chi connectivity index (χ3n) is 3.72. The summed E-state index contributed by atoms with van der Waals surface area (Å²) >= 11 is 0. The summed E-state index contributed by atoms with van der Waals surface area (Å²) in [5, 5.41) is 21.7. The summed E-state index contributed by atoms with van der Waals surface area (Å²) in [6, 6.07) is 1.25. The molecule has 0 bridgehead atoms. The lowest BCUT2D eigenvalue weighted by Gasteiger charge is -2.31. The Bertz CT molecular complexity index is 851. The predicted octanol–water partition coefficient (Wildman–Crippen LogP) is -4.38. The van der Waals surface area contributed by atoms with Crippen LogP contribution in [0, 0.1) is 0 Å². The Kier molecular flexibility index (Phi) is 8.07. The Hall–Kier alpha value is -1.22. The van der Waals surface area contributed by atoms with Crippen molar-refractivity contribution in [2.75, 3.05) is 32.5 Å². The Morgan fingerprint density at radius 2 is 1.97 bits per heavy atom. The smallest absolute Gasteiger partial charge is 0.351 e. The Morgan fingerprint density at radius 1 is 1.31 bits per heavy atom. The van der Waals surface area contributed by atoms with Crippen LogP contribution >= 0.6 is 15.6 Å². The predicted molar refractivity (Wildman–Crippen MR) is 89.8 cm³/mol. The molecule has 6 atom stereocenters. The number of aromatic nitrogens is 2. The molecule has 1 aromatic rings. The van der Waals surface area contributed by atoms with Gasteiger partial charge in [-0.05, 0) is 6.07 Å². The molecule has 0 aliphatic carbocycles. The molecule has 1 aromatic heterocycles. The number of nitrogen functional groups attached to an aromatic ring is 1. The minimum absolute atomic E-state index is 0.0790. The van der Waals surface area contributed by atoms with E-state index in [1.54, 1.807) is 12.4 Å². The van der Waals surface area contributed by atoms with Crippen LogP contribution in [0.25, 0.3) is 0 Å². The van der Waals surface area contributed by atoms with Crippen molar-refractivity contribution in [1.82, 2.24) is 9.55 Å². The fourth-order valence-corrected chi connectivity index (χ4v) is 4.35. The molecule has 2 heterocycles. The first-order valence-electron chi connectivity index (χ1n) is 8.22. The number of phosphoric acid groups is 2. The van der Waals surface area contributed by atoms with Crippen LogP contribution in [0.2, 0.25) is 0 Å². The number of hydrogen-bond acceptors (Lipinski definition) is 13. The van der Waals surface area contributed by atoms with E-state index in [1.165, 1.54) is 6.07 Å². The molecule has 1 fully saturated rings. The monoisotopic (exact) mass is 459 g/mol. The van der Waals surface area contributed by atoms with Crippen LogP contribution < -0.4 is 26.5 Å². The van der Waals surface area contributed by atoms with Gasteiger partial charge in [0.15, 0.2) is 6.23 Å². The van der Waals surface area contributed by atoms with Crippen LogP contribution in [0.4, 0.5) is 5.82 Å². The summed E-state index contributed by atoms with van der Waals surface area (Å²) < 4.78 is 41.9. The molecule has 6 N–H and O–H groups in total. The van der Waals surface area contributed by atoms with Gasteiger partial charge in [0.25, 0.3) is 15.6 Å². The fourth-order valence-electron chi connectivity index (χ4n) is 2.33. The van der Waals surface area contributed by atoms with Gasteiger partial charge in [-0.25, -0.2) is 9.11 Å². The summed E-state index contributed by atoms with van der Waals surface area (Å²) in [6.07, 6.45) is -5.00. The zero-order valence-electron chi connectivity index (χ0n) is 15.1. The maximum Gasteiger partial charge on any atom is 0.351 e. The lowest BCUT2D eigenvalue weighted by atomic mass is 10.1. The number of anilines is 1. The highest BCUT2D eigenvalue weighted by Gasteiger charge is 2.44. The fraction of sp³-hybridized carbons (Fsp3) is 0.667. The number of phosphoric ester groups is 2. The molecule has 6 unspecified atom stereocenters. The summed E-state index contributed by atoms with van der Waals surface area (Å²) in [6.45, 7) is -0.990. The van der Waals surface area contributed by atoms with Crippen molar-refractivity contribution in [2.24, 2.45) is 0 Å². The van der Waals surface area contributed by atoms with Crippen LogP contribution in [0.15, 0.2) is 17.1 Å². The van der Waals surface area contributed by atoms with Gasteiger partial charge in [0, 0.05) is 6.20 Å². The van der Waals surface area contributed by atoms with E-state index in [4.69, 9.17) is 10.5 Å².